The lowest BCUT2D eigenvalue weighted by atomic mass is 9.88. The Morgan fingerprint density at radius 3 is 2.67 bits per heavy atom. The van der Waals surface area contributed by atoms with E-state index in [4.69, 9.17) is 10.8 Å². The Kier molecular flexibility index (Phi) is 7.31. The molecular formula is C14H23N3O3S. The third-order valence-electron chi connectivity index (χ3n) is 3.43. The van der Waals surface area contributed by atoms with Crippen LogP contribution in [0.4, 0.5) is 0 Å². The minimum Gasteiger partial charge on any atom is -0.481 e. The van der Waals surface area contributed by atoms with Crippen molar-refractivity contribution in [3.05, 3.63) is 16.1 Å². The van der Waals surface area contributed by atoms with Gasteiger partial charge in [0.15, 0.2) is 0 Å². The van der Waals surface area contributed by atoms with Crippen LogP contribution in [0, 0.1) is 11.8 Å². The van der Waals surface area contributed by atoms with Crippen molar-refractivity contribution in [1.29, 1.82) is 0 Å². The number of carboxylic acids is 1. The number of carbonyl (C=O) groups is 2. The second-order valence-corrected chi connectivity index (χ2v) is 6.25. The van der Waals surface area contributed by atoms with E-state index in [0.29, 0.717) is 31.1 Å². The molecule has 1 unspecified atom stereocenters. The van der Waals surface area contributed by atoms with Gasteiger partial charge in [-0.3, -0.25) is 9.59 Å². The average Bonchev–Trinajstić information content (AvgIpc) is 2.90. The summed E-state index contributed by atoms with van der Waals surface area (Å²) in [6, 6.07) is 0. The van der Waals surface area contributed by atoms with Crippen molar-refractivity contribution in [2.24, 2.45) is 17.6 Å². The van der Waals surface area contributed by atoms with Crippen LogP contribution in [0.3, 0.4) is 0 Å². The molecule has 1 atom stereocenters. The van der Waals surface area contributed by atoms with Crippen LogP contribution in [0.2, 0.25) is 0 Å². The lowest BCUT2D eigenvalue weighted by Gasteiger charge is -2.20. The maximum atomic E-state index is 11.9. The lowest BCUT2D eigenvalue weighted by Crippen LogP contribution is -2.27. The molecule has 0 radical (unpaired) electrons. The molecule has 0 spiro atoms. The molecule has 0 aliphatic carbocycles. The van der Waals surface area contributed by atoms with E-state index in [-0.39, 0.29) is 18.2 Å². The van der Waals surface area contributed by atoms with Crippen LogP contribution in [-0.2, 0) is 11.3 Å². The maximum Gasteiger partial charge on any atom is 0.303 e. The Morgan fingerprint density at radius 1 is 1.43 bits per heavy atom. The summed E-state index contributed by atoms with van der Waals surface area (Å²) in [7, 11) is 0. The monoisotopic (exact) mass is 313 g/mol. The molecule has 4 N–H and O–H groups in total. The van der Waals surface area contributed by atoms with Crippen molar-refractivity contribution < 1.29 is 14.7 Å². The Bertz CT molecular complexity index is 474. The van der Waals surface area contributed by atoms with Gasteiger partial charge in [0.25, 0.3) is 5.91 Å². The van der Waals surface area contributed by atoms with Crippen LogP contribution < -0.4 is 11.1 Å². The summed E-state index contributed by atoms with van der Waals surface area (Å²) in [6.45, 7) is 5.00. The van der Waals surface area contributed by atoms with Gasteiger partial charge in [-0.25, -0.2) is 4.98 Å². The SMILES string of the molecule is CC(C)C(CCNC(=O)c1csc(CN)n1)CCC(=O)O. The van der Waals surface area contributed by atoms with Gasteiger partial charge in [-0.05, 0) is 24.7 Å². The number of carbonyl (C=O) groups excluding carboxylic acids is 1. The van der Waals surface area contributed by atoms with E-state index in [2.05, 4.69) is 24.1 Å². The predicted molar refractivity (Wildman–Crippen MR) is 82.2 cm³/mol. The number of rotatable bonds is 9. The minimum absolute atomic E-state index is 0.169. The van der Waals surface area contributed by atoms with Crippen molar-refractivity contribution in [1.82, 2.24) is 10.3 Å². The highest BCUT2D eigenvalue weighted by Crippen LogP contribution is 2.20. The fraction of sp³-hybridized carbons (Fsp3) is 0.643. The summed E-state index contributed by atoms with van der Waals surface area (Å²) < 4.78 is 0. The molecule has 0 saturated heterocycles. The highest BCUT2D eigenvalue weighted by Gasteiger charge is 2.16. The molecule has 1 amide bonds. The summed E-state index contributed by atoms with van der Waals surface area (Å²) >= 11 is 1.37. The van der Waals surface area contributed by atoms with Crippen LogP contribution in [-0.4, -0.2) is 28.5 Å². The summed E-state index contributed by atoms with van der Waals surface area (Å²) in [4.78, 5) is 26.7. The van der Waals surface area contributed by atoms with Crippen molar-refractivity contribution in [2.75, 3.05) is 6.54 Å². The summed E-state index contributed by atoms with van der Waals surface area (Å²) in [5, 5.41) is 14.0. The van der Waals surface area contributed by atoms with E-state index in [1.54, 1.807) is 5.38 Å². The molecule has 1 aromatic heterocycles. The number of nitrogens with one attached hydrogen (secondary N) is 1. The quantitative estimate of drug-likeness (QED) is 0.645. The first-order valence-corrected chi connectivity index (χ1v) is 7.96. The van der Waals surface area contributed by atoms with E-state index >= 15 is 0 Å². The maximum absolute atomic E-state index is 11.9. The largest absolute Gasteiger partial charge is 0.481 e. The number of nitrogens with two attached hydrogens (primary N) is 1. The molecule has 0 aliphatic heterocycles. The number of amides is 1. The van der Waals surface area contributed by atoms with E-state index in [1.165, 1.54) is 11.3 Å². The van der Waals surface area contributed by atoms with Gasteiger partial charge in [-0.15, -0.1) is 11.3 Å². The topological polar surface area (TPSA) is 105 Å². The van der Waals surface area contributed by atoms with Crippen molar-refractivity contribution in [3.63, 3.8) is 0 Å². The molecule has 0 fully saturated rings. The number of hydrogen-bond acceptors (Lipinski definition) is 5. The van der Waals surface area contributed by atoms with Crippen molar-refractivity contribution in [3.8, 4) is 0 Å². The van der Waals surface area contributed by atoms with Crippen molar-refractivity contribution >= 4 is 23.2 Å². The van der Waals surface area contributed by atoms with Crippen LogP contribution in [0.1, 0.15) is 48.6 Å². The van der Waals surface area contributed by atoms with Crippen LogP contribution in [0.15, 0.2) is 5.38 Å². The van der Waals surface area contributed by atoms with Gasteiger partial charge in [0.2, 0.25) is 0 Å². The van der Waals surface area contributed by atoms with Gasteiger partial charge in [-0.2, -0.15) is 0 Å². The van der Waals surface area contributed by atoms with Crippen LogP contribution >= 0.6 is 11.3 Å². The molecule has 0 aromatic carbocycles. The van der Waals surface area contributed by atoms with Crippen LogP contribution in [0.25, 0.3) is 0 Å². The smallest absolute Gasteiger partial charge is 0.303 e. The summed E-state index contributed by atoms with van der Waals surface area (Å²) in [5.74, 6) is -0.297. The Morgan fingerprint density at radius 2 is 2.14 bits per heavy atom. The van der Waals surface area contributed by atoms with Gasteiger partial charge in [0.1, 0.15) is 10.7 Å². The number of nitrogens with zero attached hydrogens (tertiary/aromatic N) is 1. The van der Waals surface area contributed by atoms with E-state index in [9.17, 15) is 9.59 Å². The normalized spacial score (nSPS) is 12.4. The zero-order valence-electron chi connectivity index (χ0n) is 12.5. The molecule has 6 nitrogen and oxygen atoms in total. The molecule has 1 rings (SSSR count). The van der Waals surface area contributed by atoms with Crippen LogP contribution in [0.5, 0.6) is 0 Å². The van der Waals surface area contributed by atoms with Gasteiger partial charge >= 0.3 is 5.97 Å². The third kappa shape index (κ3) is 6.22. The minimum atomic E-state index is -0.776. The number of aromatic nitrogens is 1. The van der Waals surface area contributed by atoms with Gasteiger partial charge in [-0.1, -0.05) is 13.8 Å². The summed E-state index contributed by atoms with van der Waals surface area (Å²) in [5.41, 5.74) is 5.86. The van der Waals surface area contributed by atoms with Gasteiger partial charge in [0, 0.05) is 24.9 Å². The fourth-order valence-corrected chi connectivity index (χ4v) is 2.75. The molecule has 0 saturated carbocycles. The second kappa shape index (κ2) is 8.74. The lowest BCUT2D eigenvalue weighted by molar-refractivity contribution is -0.137. The highest BCUT2D eigenvalue weighted by molar-refractivity contribution is 7.09. The Balaban J connectivity index is 2.38. The molecule has 1 aromatic rings. The molecule has 7 heteroatoms. The van der Waals surface area contributed by atoms with E-state index in [0.717, 1.165) is 11.4 Å². The zero-order chi connectivity index (χ0) is 15.8. The number of hydrogen-bond donors (Lipinski definition) is 3. The third-order valence-corrected chi connectivity index (χ3v) is 4.30. The molecule has 0 aliphatic rings. The molecule has 1 heterocycles. The van der Waals surface area contributed by atoms with E-state index < -0.39 is 5.97 Å². The highest BCUT2D eigenvalue weighted by atomic mass is 32.1. The molecular weight excluding hydrogens is 290 g/mol. The number of thiazole rings is 1. The molecule has 21 heavy (non-hydrogen) atoms. The van der Waals surface area contributed by atoms with Gasteiger partial charge in [0.05, 0.1) is 0 Å². The zero-order valence-corrected chi connectivity index (χ0v) is 13.3. The predicted octanol–water partition coefficient (Wildman–Crippen LogP) is 1.86. The standard InChI is InChI=1S/C14H23N3O3S/c1-9(2)10(3-4-13(18)19)5-6-16-14(20)11-8-21-12(7-15)17-11/h8-10H,3-7,15H2,1-2H3,(H,16,20)(H,18,19). The Hall–Kier alpha value is -1.47. The number of carboxylic acid groups (broad SMARTS) is 1. The Labute approximate surface area is 128 Å². The molecule has 0 bridgehead atoms. The molecule has 118 valence electrons. The first kappa shape index (κ1) is 17.6. The number of aliphatic carboxylic acids is 1. The van der Waals surface area contributed by atoms with E-state index in [1.807, 2.05) is 0 Å². The fourth-order valence-electron chi connectivity index (χ4n) is 2.09. The summed E-state index contributed by atoms with van der Waals surface area (Å²) in [6.07, 6.45) is 1.57. The van der Waals surface area contributed by atoms with Crippen molar-refractivity contribution in [2.45, 2.75) is 39.7 Å². The average molecular weight is 313 g/mol. The first-order valence-electron chi connectivity index (χ1n) is 7.08. The first-order chi connectivity index (χ1) is 9.93. The second-order valence-electron chi connectivity index (χ2n) is 5.31. The van der Waals surface area contributed by atoms with Gasteiger partial charge < -0.3 is 16.2 Å².